The van der Waals surface area contributed by atoms with Gasteiger partial charge < -0.3 is 18.7 Å². The molecular weight excluding hydrogens is 290 g/mol. The van der Waals surface area contributed by atoms with Crippen LogP contribution in [0, 0.1) is 13.8 Å². The highest BCUT2D eigenvalue weighted by Crippen LogP contribution is 2.30. The third-order valence-electron chi connectivity index (χ3n) is 3.44. The molecule has 0 radical (unpaired) electrons. The molecule has 0 aliphatic carbocycles. The fourth-order valence-corrected chi connectivity index (χ4v) is 2.49. The van der Waals surface area contributed by atoms with Crippen molar-refractivity contribution in [2.24, 2.45) is 0 Å². The molecule has 1 atom stereocenters. The first-order chi connectivity index (χ1) is 10.6. The maximum Gasteiger partial charge on any atom is 0.252 e. The minimum atomic E-state index is -0.140. The summed E-state index contributed by atoms with van der Waals surface area (Å²) in [6.45, 7) is 4.19. The molecule has 0 bridgehead atoms. The van der Waals surface area contributed by atoms with Crippen molar-refractivity contribution in [2.75, 3.05) is 13.2 Å². The van der Waals surface area contributed by atoms with Crippen LogP contribution in [-0.2, 0) is 16.1 Å². The quantitative estimate of drug-likeness (QED) is 0.803. The SMILES string of the molecule is Cc1noc(COCC(=O)N2CCC[C@H]2c2noc(C)n2)n1. The van der Waals surface area contributed by atoms with Crippen LogP contribution in [0.15, 0.2) is 9.05 Å². The predicted octanol–water partition coefficient (Wildman–Crippen LogP) is 0.950. The van der Waals surface area contributed by atoms with Crippen LogP contribution in [0.5, 0.6) is 0 Å². The lowest BCUT2D eigenvalue weighted by atomic mass is 10.2. The van der Waals surface area contributed by atoms with Crippen LogP contribution in [0.25, 0.3) is 0 Å². The van der Waals surface area contributed by atoms with E-state index >= 15 is 0 Å². The number of aromatic nitrogens is 4. The molecule has 0 unspecified atom stereocenters. The van der Waals surface area contributed by atoms with Crippen LogP contribution in [0.2, 0.25) is 0 Å². The van der Waals surface area contributed by atoms with E-state index in [9.17, 15) is 4.79 Å². The van der Waals surface area contributed by atoms with Crippen molar-refractivity contribution >= 4 is 5.91 Å². The van der Waals surface area contributed by atoms with Gasteiger partial charge in [-0.05, 0) is 19.8 Å². The van der Waals surface area contributed by atoms with Crippen LogP contribution in [0.4, 0.5) is 0 Å². The van der Waals surface area contributed by atoms with Crippen LogP contribution < -0.4 is 0 Å². The average Bonchev–Trinajstić information content (AvgIpc) is 3.19. The first-order valence-corrected chi connectivity index (χ1v) is 7.10. The molecule has 0 N–H and O–H groups in total. The van der Waals surface area contributed by atoms with Gasteiger partial charge in [-0.3, -0.25) is 4.79 Å². The van der Waals surface area contributed by atoms with E-state index in [0.717, 1.165) is 12.8 Å². The molecular formula is C13H17N5O4. The number of hydrogen-bond donors (Lipinski definition) is 0. The summed E-state index contributed by atoms with van der Waals surface area (Å²) >= 11 is 0. The first-order valence-electron chi connectivity index (χ1n) is 7.10. The van der Waals surface area contributed by atoms with Gasteiger partial charge in [-0.1, -0.05) is 10.3 Å². The topological polar surface area (TPSA) is 107 Å². The number of aryl methyl sites for hydroxylation is 2. The van der Waals surface area contributed by atoms with Gasteiger partial charge in [-0.2, -0.15) is 9.97 Å². The summed E-state index contributed by atoms with van der Waals surface area (Å²) in [5.41, 5.74) is 0. The number of carbonyl (C=O) groups is 1. The monoisotopic (exact) mass is 307 g/mol. The van der Waals surface area contributed by atoms with Gasteiger partial charge in [0.1, 0.15) is 13.2 Å². The summed E-state index contributed by atoms with van der Waals surface area (Å²) in [6.07, 6.45) is 1.74. The van der Waals surface area contributed by atoms with Crippen molar-refractivity contribution in [3.63, 3.8) is 0 Å². The van der Waals surface area contributed by atoms with Gasteiger partial charge in [0.05, 0.1) is 6.04 Å². The van der Waals surface area contributed by atoms with Crippen molar-refractivity contribution < 1.29 is 18.6 Å². The summed E-state index contributed by atoms with van der Waals surface area (Å²) < 4.78 is 15.3. The van der Waals surface area contributed by atoms with Crippen molar-refractivity contribution in [1.29, 1.82) is 0 Å². The third-order valence-corrected chi connectivity index (χ3v) is 3.44. The van der Waals surface area contributed by atoms with E-state index in [1.54, 1.807) is 18.7 Å². The van der Waals surface area contributed by atoms with Gasteiger partial charge in [0, 0.05) is 13.5 Å². The van der Waals surface area contributed by atoms with Gasteiger partial charge in [0.2, 0.25) is 11.8 Å². The number of amides is 1. The van der Waals surface area contributed by atoms with E-state index in [0.29, 0.717) is 30.0 Å². The lowest BCUT2D eigenvalue weighted by Crippen LogP contribution is -2.34. The van der Waals surface area contributed by atoms with Gasteiger partial charge in [0.15, 0.2) is 11.6 Å². The van der Waals surface area contributed by atoms with E-state index in [2.05, 4.69) is 20.3 Å². The molecule has 118 valence electrons. The molecule has 2 aromatic rings. The molecule has 3 heterocycles. The maximum absolute atomic E-state index is 12.3. The normalized spacial score (nSPS) is 18.1. The zero-order valence-corrected chi connectivity index (χ0v) is 12.5. The minimum Gasteiger partial charge on any atom is -0.362 e. The molecule has 3 rings (SSSR count). The highest BCUT2D eigenvalue weighted by molar-refractivity contribution is 5.78. The Balaban J connectivity index is 1.54. The van der Waals surface area contributed by atoms with E-state index in [-0.39, 0.29) is 25.2 Å². The van der Waals surface area contributed by atoms with Crippen molar-refractivity contribution in [3.05, 3.63) is 23.4 Å². The Morgan fingerprint density at radius 1 is 1.32 bits per heavy atom. The maximum atomic E-state index is 12.3. The molecule has 0 aromatic carbocycles. The molecule has 0 spiro atoms. The summed E-state index contributed by atoms with van der Waals surface area (Å²) in [5, 5.41) is 7.56. The lowest BCUT2D eigenvalue weighted by molar-refractivity contribution is -0.137. The average molecular weight is 307 g/mol. The Kier molecular flexibility index (Phi) is 4.14. The van der Waals surface area contributed by atoms with Crippen molar-refractivity contribution in [1.82, 2.24) is 25.2 Å². The predicted molar refractivity (Wildman–Crippen MR) is 71.4 cm³/mol. The Hall–Kier alpha value is -2.29. The largest absolute Gasteiger partial charge is 0.362 e. The Bertz CT molecular complexity index is 652. The van der Waals surface area contributed by atoms with E-state index in [4.69, 9.17) is 13.8 Å². The van der Waals surface area contributed by atoms with Gasteiger partial charge >= 0.3 is 0 Å². The van der Waals surface area contributed by atoms with Crippen molar-refractivity contribution in [2.45, 2.75) is 39.3 Å². The van der Waals surface area contributed by atoms with E-state index in [1.807, 2.05) is 0 Å². The van der Waals surface area contributed by atoms with Gasteiger partial charge in [-0.25, -0.2) is 0 Å². The molecule has 1 fully saturated rings. The van der Waals surface area contributed by atoms with Crippen LogP contribution in [0.3, 0.4) is 0 Å². The molecule has 1 aliphatic rings. The zero-order valence-electron chi connectivity index (χ0n) is 12.5. The summed E-state index contributed by atoms with van der Waals surface area (Å²) in [7, 11) is 0. The van der Waals surface area contributed by atoms with E-state index in [1.165, 1.54) is 0 Å². The zero-order chi connectivity index (χ0) is 15.5. The summed E-state index contributed by atoms with van der Waals surface area (Å²) in [6, 6.07) is -0.140. The molecule has 9 nitrogen and oxygen atoms in total. The van der Waals surface area contributed by atoms with Crippen LogP contribution >= 0.6 is 0 Å². The standard InChI is InChI=1S/C13H17N5O4/c1-8-14-11(22-16-8)6-20-7-12(19)18-5-3-4-10(18)13-15-9(2)21-17-13/h10H,3-7H2,1-2H3/t10-/m0/s1. The molecule has 2 aromatic heterocycles. The fraction of sp³-hybridized carbons (Fsp3) is 0.615. The van der Waals surface area contributed by atoms with Gasteiger partial charge in [-0.15, -0.1) is 0 Å². The Labute approximate surface area is 126 Å². The lowest BCUT2D eigenvalue weighted by Gasteiger charge is -2.21. The summed E-state index contributed by atoms with van der Waals surface area (Å²) in [5.74, 6) is 1.84. The first kappa shape index (κ1) is 14.6. The number of carbonyl (C=O) groups excluding carboxylic acids is 1. The number of ether oxygens (including phenoxy) is 1. The second-order valence-corrected chi connectivity index (χ2v) is 5.14. The highest BCUT2D eigenvalue weighted by atomic mass is 16.5. The van der Waals surface area contributed by atoms with E-state index < -0.39 is 0 Å². The second kappa shape index (κ2) is 6.22. The summed E-state index contributed by atoms with van der Waals surface area (Å²) in [4.78, 5) is 22.2. The smallest absolute Gasteiger partial charge is 0.252 e. The second-order valence-electron chi connectivity index (χ2n) is 5.14. The number of nitrogens with zero attached hydrogens (tertiary/aromatic N) is 5. The van der Waals surface area contributed by atoms with Crippen molar-refractivity contribution in [3.8, 4) is 0 Å². The molecule has 1 aliphatic heterocycles. The number of rotatable bonds is 5. The molecule has 9 heteroatoms. The molecule has 1 amide bonds. The highest BCUT2D eigenvalue weighted by Gasteiger charge is 2.33. The molecule has 22 heavy (non-hydrogen) atoms. The third kappa shape index (κ3) is 3.14. The molecule has 0 saturated carbocycles. The fourth-order valence-electron chi connectivity index (χ4n) is 2.49. The Morgan fingerprint density at radius 3 is 2.86 bits per heavy atom. The van der Waals surface area contributed by atoms with Crippen LogP contribution in [-0.4, -0.2) is 44.2 Å². The molecule has 1 saturated heterocycles. The van der Waals surface area contributed by atoms with Gasteiger partial charge in [0.25, 0.3) is 5.89 Å². The minimum absolute atomic E-state index is 0.0469. The number of likely N-dealkylation sites (tertiary alicyclic amines) is 1. The number of hydrogen-bond acceptors (Lipinski definition) is 8. The van der Waals surface area contributed by atoms with Crippen LogP contribution in [0.1, 0.15) is 42.3 Å². The Morgan fingerprint density at radius 2 is 2.18 bits per heavy atom.